The van der Waals surface area contributed by atoms with Gasteiger partial charge in [-0.15, -0.1) is 0 Å². The van der Waals surface area contributed by atoms with Crippen molar-refractivity contribution in [2.24, 2.45) is 0 Å². The van der Waals surface area contributed by atoms with Crippen LogP contribution in [0.1, 0.15) is 36.7 Å². The summed E-state index contributed by atoms with van der Waals surface area (Å²) in [4.78, 5) is 26.5. The molecule has 0 saturated heterocycles. The van der Waals surface area contributed by atoms with Gasteiger partial charge in [0.2, 0.25) is 5.91 Å². The van der Waals surface area contributed by atoms with E-state index in [0.29, 0.717) is 12.2 Å². The van der Waals surface area contributed by atoms with Gasteiger partial charge in [0.25, 0.3) is 5.56 Å². The first-order valence-corrected chi connectivity index (χ1v) is 10.9. The SMILES string of the molecule is CCn1nc(C)c2c(-c3ccccc3)cc(=O)n(C(C)C(=O)Nc3cc(C)cc(C)c3)c21. The van der Waals surface area contributed by atoms with Crippen LogP contribution in [0, 0.1) is 20.8 Å². The van der Waals surface area contributed by atoms with Gasteiger partial charge in [-0.2, -0.15) is 5.10 Å². The van der Waals surface area contributed by atoms with Crippen LogP contribution in [0.5, 0.6) is 0 Å². The summed E-state index contributed by atoms with van der Waals surface area (Å²) in [6.45, 7) is 10.2. The lowest BCUT2D eigenvalue weighted by molar-refractivity contribution is -0.118. The van der Waals surface area contributed by atoms with Gasteiger partial charge in [0.15, 0.2) is 0 Å². The second kappa shape index (κ2) is 8.46. The molecule has 1 amide bonds. The Morgan fingerprint density at radius 2 is 1.69 bits per heavy atom. The number of aromatic nitrogens is 3. The van der Waals surface area contributed by atoms with Crippen molar-refractivity contribution in [2.45, 2.75) is 47.2 Å². The molecule has 1 N–H and O–H groups in total. The number of amides is 1. The smallest absolute Gasteiger partial charge is 0.253 e. The number of benzene rings is 2. The summed E-state index contributed by atoms with van der Waals surface area (Å²) in [6, 6.07) is 16.6. The number of anilines is 1. The van der Waals surface area contributed by atoms with Crippen LogP contribution in [0.15, 0.2) is 59.4 Å². The molecule has 2 heterocycles. The fourth-order valence-electron chi connectivity index (χ4n) is 4.35. The average molecular weight is 429 g/mol. The average Bonchev–Trinajstić information content (AvgIpc) is 3.08. The number of rotatable bonds is 5. The standard InChI is InChI=1S/C26H28N4O2/c1-6-29-26-24(18(4)28-29)22(20-10-8-7-9-11-20)15-23(31)30(26)19(5)25(32)27-21-13-16(2)12-17(3)14-21/h7-15,19H,6H2,1-5H3,(H,27,32). The van der Waals surface area contributed by atoms with Crippen molar-refractivity contribution in [3.05, 3.63) is 81.8 Å². The predicted molar refractivity (Wildman–Crippen MR) is 129 cm³/mol. The van der Waals surface area contributed by atoms with Crippen molar-refractivity contribution in [2.75, 3.05) is 5.32 Å². The van der Waals surface area contributed by atoms with Gasteiger partial charge in [-0.1, -0.05) is 36.4 Å². The van der Waals surface area contributed by atoms with E-state index in [-0.39, 0.29) is 11.5 Å². The molecule has 32 heavy (non-hydrogen) atoms. The van der Waals surface area contributed by atoms with Crippen molar-refractivity contribution in [3.63, 3.8) is 0 Å². The molecule has 0 spiro atoms. The molecule has 0 aliphatic rings. The van der Waals surface area contributed by atoms with Crippen LogP contribution in [0.2, 0.25) is 0 Å². The molecule has 164 valence electrons. The van der Waals surface area contributed by atoms with E-state index in [1.807, 2.05) is 70.2 Å². The number of pyridine rings is 1. The molecule has 4 rings (SSSR count). The van der Waals surface area contributed by atoms with Gasteiger partial charge in [-0.3, -0.25) is 14.2 Å². The first kappa shape index (κ1) is 21.6. The van der Waals surface area contributed by atoms with Gasteiger partial charge in [-0.05, 0) is 69.0 Å². The lowest BCUT2D eigenvalue weighted by atomic mass is 10.0. The minimum Gasteiger partial charge on any atom is -0.324 e. The van der Waals surface area contributed by atoms with Gasteiger partial charge in [0, 0.05) is 23.7 Å². The van der Waals surface area contributed by atoms with Crippen molar-refractivity contribution in [1.82, 2.24) is 14.3 Å². The summed E-state index contributed by atoms with van der Waals surface area (Å²) in [5.74, 6) is -0.243. The van der Waals surface area contributed by atoms with E-state index in [9.17, 15) is 9.59 Å². The number of fused-ring (bicyclic) bond motifs is 1. The lowest BCUT2D eigenvalue weighted by Crippen LogP contribution is -2.32. The molecular weight excluding hydrogens is 400 g/mol. The van der Waals surface area contributed by atoms with Crippen LogP contribution in [-0.4, -0.2) is 20.3 Å². The Bertz CT molecular complexity index is 1350. The fraction of sp³-hybridized carbons (Fsp3) is 0.269. The molecule has 2 aromatic heterocycles. The Balaban J connectivity index is 1.86. The number of nitrogens with one attached hydrogen (secondary N) is 1. The van der Waals surface area contributed by atoms with E-state index in [4.69, 9.17) is 0 Å². The fourth-order valence-corrected chi connectivity index (χ4v) is 4.35. The summed E-state index contributed by atoms with van der Waals surface area (Å²) in [7, 11) is 0. The van der Waals surface area contributed by atoms with E-state index < -0.39 is 6.04 Å². The number of hydrogen-bond acceptors (Lipinski definition) is 3. The van der Waals surface area contributed by atoms with Crippen LogP contribution < -0.4 is 10.9 Å². The molecule has 0 radical (unpaired) electrons. The number of carbonyl (C=O) groups is 1. The second-order valence-corrected chi connectivity index (χ2v) is 8.27. The largest absolute Gasteiger partial charge is 0.324 e. The van der Waals surface area contributed by atoms with Crippen LogP contribution in [-0.2, 0) is 11.3 Å². The van der Waals surface area contributed by atoms with Crippen LogP contribution in [0.3, 0.4) is 0 Å². The van der Waals surface area contributed by atoms with Gasteiger partial charge in [0.05, 0.1) is 5.69 Å². The molecule has 0 bridgehead atoms. The van der Waals surface area contributed by atoms with E-state index in [0.717, 1.165) is 39.0 Å². The summed E-state index contributed by atoms with van der Waals surface area (Å²) < 4.78 is 3.36. The first-order valence-electron chi connectivity index (χ1n) is 10.9. The topological polar surface area (TPSA) is 68.9 Å². The highest BCUT2D eigenvalue weighted by Gasteiger charge is 2.24. The molecule has 1 atom stereocenters. The molecule has 4 aromatic rings. The molecule has 0 fully saturated rings. The molecule has 6 heteroatoms. The Labute approximate surface area is 187 Å². The zero-order valence-electron chi connectivity index (χ0n) is 19.1. The summed E-state index contributed by atoms with van der Waals surface area (Å²) >= 11 is 0. The third kappa shape index (κ3) is 3.84. The lowest BCUT2D eigenvalue weighted by Gasteiger charge is -2.19. The highest BCUT2D eigenvalue weighted by atomic mass is 16.2. The van der Waals surface area contributed by atoms with E-state index in [1.165, 1.54) is 0 Å². The molecule has 0 saturated carbocycles. The Kier molecular flexibility index (Phi) is 5.70. The van der Waals surface area contributed by atoms with Crippen LogP contribution in [0.4, 0.5) is 5.69 Å². The van der Waals surface area contributed by atoms with Gasteiger partial charge >= 0.3 is 0 Å². The number of aryl methyl sites for hydroxylation is 4. The molecule has 2 aromatic carbocycles. The normalized spacial score (nSPS) is 12.2. The number of hydrogen-bond donors (Lipinski definition) is 1. The third-order valence-corrected chi connectivity index (χ3v) is 5.74. The zero-order chi connectivity index (χ0) is 23.0. The summed E-state index contributed by atoms with van der Waals surface area (Å²) in [5, 5.41) is 8.54. The van der Waals surface area contributed by atoms with Crippen LogP contribution >= 0.6 is 0 Å². The maximum atomic E-state index is 13.4. The van der Waals surface area contributed by atoms with E-state index >= 15 is 0 Å². The number of nitrogens with zero attached hydrogens (tertiary/aromatic N) is 3. The molecular formula is C26H28N4O2. The third-order valence-electron chi connectivity index (χ3n) is 5.74. The highest BCUT2D eigenvalue weighted by molar-refractivity contribution is 5.98. The van der Waals surface area contributed by atoms with Crippen molar-refractivity contribution in [1.29, 1.82) is 0 Å². The van der Waals surface area contributed by atoms with Gasteiger partial charge in [0.1, 0.15) is 11.7 Å². The molecule has 1 unspecified atom stereocenters. The van der Waals surface area contributed by atoms with Crippen LogP contribution in [0.25, 0.3) is 22.2 Å². The zero-order valence-corrected chi connectivity index (χ0v) is 19.1. The quantitative estimate of drug-likeness (QED) is 0.486. The van der Waals surface area contributed by atoms with Gasteiger partial charge in [-0.25, -0.2) is 4.68 Å². The molecule has 0 aliphatic heterocycles. The second-order valence-electron chi connectivity index (χ2n) is 8.27. The highest BCUT2D eigenvalue weighted by Crippen LogP contribution is 2.31. The minimum absolute atomic E-state index is 0.228. The van der Waals surface area contributed by atoms with Crippen molar-refractivity contribution < 1.29 is 4.79 Å². The Hall–Kier alpha value is -3.67. The minimum atomic E-state index is -0.711. The van der Waals surface area contributed by atoms with E-state index in [1.54, 1.807) is 22.2 Å². The molecule has 6 nitrogen and oxygen atoms in total. The Morgan fingerprint density at radius 3 is 2.31 bits per heavy atom. The summed E-state index contributed by atoms with van der Waals surface area (Å²) in [5.41, 5.74) is 5.92. The predicted octanol–water partition coefficient (Wildman–Crippen LogP) is 5.01. The first-order chi connectivity index (χ1) is 15.3. The van der Waals surface area contributed by atoms with Crippen molar-refractivity contribution in [3.8, 4) is 11.1 Å². The maximum Gasteiger partial charge on any atom is 0.253 e. The maximum absolute atomic E-state index is 13.4. The summed E-state index contributed by atoms with van der Waals surface area (Å²) in [6.07, 6.45) is 0. The van der Waals surface area contributed by atoms with Crippen molar-refractivity contribution >= 4 is 22.6 Å². The van der Waals surface area contributed by atoms with Gasteiger partial charge < -0.3 is 5.32 Å². The van der Waals surface area contributed by atoms with E-state index in [2.05, 4.69) is 16.5 Å². The monoisotopic (exact) mass is 428 g/mol. The Morgan fingerprint density at radius 1 is 1.03 bits per heavy atom. The number of carbonyl (C=O) groups excluding carboxylic acids is 1. The molecule has 0 aliphatic carbocycles.